The van der Waals surface area contributed by atoms with Crippen LogP contribution < -0.4 is 5.32 Å². The average molecular weight is 513 g/mol. The highest BCUT2D eigenvalue weighted by Gasteiger charge is 2.50. The van der Waals surface area contributed by atoms with E-state index < -0.39 is 11.5 Å². The number of aromatic nitrogens is 3. The van der Waals surface area contributed by atoms with E-state index in [0.717, 1.165) is 33.9 Å². The van der Waals surface area contributed by atoms with Gasteiger partial charge in [0, 0.05) is 24.0 Å². The van der Waals surface area contributed by atoms with Crippen LogP contribution in [0.25, 0.3) is 21.9 Å². The average Bonchev–Trinajstić information content (AvgIpc) is 3.67. The Morgan fingerprint density at radius 1 is 0.974 bits per heavy atom. The third-order valence-electron chi connectivity index (χ3n) is 7.89. The molecule has 3 N–H and O–H groups in total. The lowest BCUT2D eigenvalue weighted by molar-refractivity contribution is -0.138. The minimum absolute atomic E-state index is 0.0716. The molecule has 0 unspecified atom stereocenters. The minimum Gasteiger partial charge on any atom is -0.351 e. The fraction of sp³-hybridized carbons (Fsp3) is 0.379. The fourth-order valence-corrected chi connectivity index (χ4v) is 5.83. The minimum atomic E-state index is -0.707. The molecular formula is C29H32N6O3. The number of hydrogen-bond donors (Lipinski definition) is 3. The van der Waals surface area contributed by atoms with Gasteiger partial charge in [0.15, 0.2) is 5.82 Å². The van der Waals surface area contributed by atoms with Gasteiger partial charge in [0.1, 0.15) is 11.7 Å². The van der Waals surface area contributed by atoms with Crippen molar-refractivity contribution < 1.29 is 14.4 Å². The highest BCUT2D eigenvalue weighted by atomic mass is 16.2. The second-order valence-corrected chi connectivity index (χ2v) is 11.6. The van der Waals surface area contributed by atoms with E-state index in [1.807, 2.05) is 86.0 Å². The molecule has 4 aromatic rings. The van der Waals surface area contributed by atoms with Crippen molar-refractivity contribution in [3.63, 3.8) is 0 Å². The molecule has 196 valence electrons. The van der Waals surface area contributed by atoms with E-state index in [0.29, 0.717) is 24.6 Å². The lowest BCUT2D eigenvalue weighted by Gasteiger charge is -2.39. The summed E-state index contributed by atoms with van der Waals surface area (Å²) in [7, 11) is 0. The van der Waals surface area contributed by atoms with Gasteiger partial charge in [-0.2, -0.15) is 0 Å². The third kappa shape index (κ3) is 4.02. The van der Waals surface area contributed by atoms with Crippen LogP contribution in [0.4, 0.5) is 0 Å². The summed E-state index contributed by atoms with van der Waals surface area (Å²) in [5.41, 5.74) is 3.48. The van der Waals surface area contributed by atoms with Gasteiger partial charge >= 0.3 is 0 Å². The number of aryl methyl sites for hydroxylation is 1. The number of benzene rings is 2. The molecule has 4 heterocycles. The van der Waals surface area contributed by atoms with Gasteiger partial charge in [0.25, 0.3) is 11.8 Å². The summed E-state index contributed by atoms with van der Waals surface area (Å²) in [5.74, 6) is -0.234. The first-order valence-corrected chi connectivity index (χ1v) is 13.1. The molecule has 2 aromatic heterocycles. The van der Waals surface area contributed by atoms with Crippen LogP contribution in [0.5, 0.6) is 0 Å². The maximum Gasteiger partial charge on any atom is 0.290 e. The number of piperazine rings is 1. The third-order valence-corrected chi connectivity index (χ3v) is 7.89. The molecule has 2 bridgehead atoms. The summed E-state index contributed by atoms with van der Waals surface area (Å²) in [6.45, 7) is 8.77. The predicted molar refractivity (Wildman–Crippen MR) is 145 cm³/mol. The van der Waals surface area contributed by atoms with Crippen molar-refractivity contribution in [3.8, 4) is 0 Å². The Kier molecular flexibility index (Phi) is 5.55. The number of H-pyrrole nitrogens is 2. The maximum atomic E-state index is 13.8. The topological polar surface area (TPSA) is 114 Å². The van der Waals surface area contributed by atoms with E-state index in [4.69, 9.17) is 0 Å². The first-order valence-electron chi connectivity index (χ1n) is 13.1. The van der Waals surface area contributed by atoms with Crippen molar-refractivity contribution in [2.75, 3.05) is 13.1 Å². The number of aromatic amines is 2. The molecule has 3 amide bonds. The Morgan fingerprint density at radius 3 is 2.37 bits per heavy atom. The van der Waals surface area contributed by atoms with Gasteiger partial charge in [-0.3, -0.25) is 14.4 Å². The summed E-state index contributed by atoms with van der Waals surface area (Å²) in [5, 5.41) is 4.00. The second-order valence-electron chi connectivity index (χ2n) is 11.6. The van der Waals surface area contributed by atoms with Gasteiger partial charge in [-0.25, -0.2) is 4.98 Å². The second kappa shape index (κ2) is 8.72. The van der Waals surface area contributed by atoms with Crippen LogP contribution in [-0.4, -0.2) is 73.7 Å². The first-order chi connectivity index (χ1) is 18.1. The summed E-state index contributed by atoms with van der Waals surface area (Å²) < 4.78 is 0. The number of imidazole rings is 1. The molecule has 6 rings (SSSR count). The Morgan fingerprint density at radius 2 is 1.68 bits per heavy atom. The first kappa shape index (κ1) is 24.2. The zero-order valence-corrected chi connectivity index (χ0v) is 22.0. The SMILES string of the molecule is Cc1cccc2[nH]c(C(=O)N[C@H](C(=O)N3C[C@@H]4C[C@H]3CN4C(=O)c3nc4ccccc4[nH]3)C(C)(C)C)cc12. The van der Waals surface area contributed by atoms with Crippen molar-refractivity contribution in [1.82, 2.24) is 30.1 Å². The maximum absolute atomic E-state index is 13.8. The van der Waals surface area contributed by atoms with Gasteiger partial charge < -0.3 is 25.1 Å². The molecule has 2 aliphatic heterocycles. The number of fused-ring (bicyclic) bond motifs is 4. The number of amides is 3. The molecular weight excluding hydrogens is 480 g/mol. The summed E-state index contributed by atoms with van der Waals surface area (Å²) >= 11 is 0. The highest BCUT2D eigenvalue weighted by Crippen LogP contribution is 2.34. The fourth-order valence-electron chi connectivity index (χ4n) is 5.83. The van der Waals surface area contributed by atoms with Gasteiger partial charge in [0.05, 0.1) is 23.1 Å². The van der Waals surface area contributed by atoms with Crippen LogP contribution in [0.15, 0.2) is 48.5 Å². The van der Waals surface area contributed by atoms with Crippen molar-refractivity contribution >= 4 is 39.7 Å². The Hall–Kier alpha value is -4.14. The number of hydrogen-bond acceptors (Lipinski definition) is 4. The standard InChI is InChI=1S/C29H32N6O3/c1-16-8-7-11-20-19(16)13-23(30-20)26(36)33-24(29(2,3)4)27(37)34-14-18-12-17(34)15-35(18)28(38)25-31-21-9-5-6-10-22(21)32-25/h5-11,13,17-18,24,30H,12,14-15H2,1-4H3,(H,31,32)(H,33,36)/t17-,18-,24+/m0/s1. The summed E-state index contributed by atoms with van der Waals surface area (Å²) in [4.78, 5) is 54.8. The van der Waals surface area contributed by atoms with Gasteiger partial charge in [-0.15, -0.1) is 0 Å². The molecule has 0 aliphatic carbocycles. The molecule has 2 saturated heterocycles. The summed E-state index contributed by atoms with van der Waals surface area (Å²) in [6, 6.07) is 14.4. The number of nitrogens with zero attached hydrogens (tertiary/aromatic N) is 3. The molecule has 3 atom stereocenters. The van der Waals surface area contributed by atoms with Crippen molar-refractivity contribution in [1.29, 1.82) is 0 Å². The van der Waals surface area contributed by atoms with E-state index >= 15 is 0 Å². The zero-order valence-electron chi connectivity index (χ0n) is 22.0. The highest BCUT2D eigenvalue weighted by molar-refractivity contribution is 6.01. The molecule has 2 aromatic carbocycles. The Labute approximate surface area is 220 Å². The smallest absolute Gasteiger partial charge is 0.290 e. The zero-order chi connectivity index (χ0) is 26.8. The number of rotatable bonds is 4. The summed E-state index contributed by atoms with van der Waals surface area (Å²) in [6.07, 6.45) is 0.726. The van der Waals surface area contributed by atoms with Crippen molar-refractivity contribution in [2.24, 2.45) is 5.41 Å². The lowest BCUT2D eigenvalue weighted by atomic mass is 9.85. The van der Waals surface area contributed by atoms with Crippen LogP contribution in [0.2, 0.25) is 0 Å². The quantitative estimate of drug-likeness (QED) is 0.387. The lowest BCUT2D eigenvalue weighted by Crippen LogP contribution is -2.59. The van der Waals surface area contributed by atoms with Crippen molar-refractivity contribution in [2.45, 2.75) is 52.2 Å². The predicted octanol–water partition coefficient (Wildman–Crippen LogP) is 3.62. The van der Waals surface area contributed by atoms with Gasteiger partial charge in [0.2, 0.25) is 5.91 Å². The van der Waals surface area contributed by atoms with E-state index in [9.17, 15) is 14.4 Å². The molecule has 0 radical (unpaired) electrons. The van der Waals surface area contributed by atoms with E-state index in [-0.39, 0.29) is 29.8 Å². The number of likely N-dealkylation sites (tertiary alicyclic amines) is 2. The van der Waals surface area contributed by atoms with E-state index in [2.05, 4.69) is 20.3 Å². The van der Waals surface area contributed by atoms with E-state index in [1.54, 1.807) is 0 Å². The number of carbonyl (C=O) groups is 3. The van der Waals surface area contributed by atoms with Crippen LogP contribution in [0, 0.1) is 12.3 Å². The monoisotopic (exact) mass is 512 g/mol. The normalized spacial score (nSPS) is 19.9. The molecule has 9 heteroatoms. The Balaban J connectivity index is 1.17. The van der Waals surface area contributed by atoms with Crippen LogP contribution in [-0.2, 0) is 4.79 Å². The largest absolute Gasteiger partial charge is 0.351 e. The Bertz CT molecular complexity index is 1540. The van der Waals surface area contributed by atoms with Crippen LogP contribution in [0.1, 0.15) is 53.9 Å². The van der Waals surface area contributed by atoms with Crippen LogP contribution in [0.3, 0.4) is 0 Å². The molecule has 2 aliphatic rings. The van der Waals surface area contributed by atoms with Crippen molar-refractivity contribution in [3.05, 3.63) is 65.6 Å². The molecule has 9 nitrogen and oxygen atoms in total. The molecule has 38 heavy (non-hydrogen) atoms. The molecule has 0 spiro atoms. The molecule has 0 saturated carbocycles. The van der Waals surface area contributed by atoms with E-state index in [1.165, 1.54) is 0 Å². The van der Waals surface area contributed by atoms with Gasteiger partial charge in [-0.05, 0) is 48.6 Å². The number of carbonyl (C=O) groups excluding carboxylic acids is 3. The molecule has 2 fully saturated rings. The van der Waals surface area contributed by atoms with Gasteiger partial charge in [-0.1, -0.05) is 45.0 Å². The number of para-hydroxylation sites is 2. The van der Waals surface area contributed by atoms with Crippen LogP contribution >= 0.6 is 0 Å². The number of nitrogens with one attached hydrogen (secondary N) is 3.